The summed E-state index contributed by atoms with van der Waals surface area (Å²) in [7, 11) is -7.22. The van der Waals surface area contributed by atoms with Gasteiger partial charge in [-0.3, -0.25) is 0 Å². The summed E-state index contributed by atoms with van der Waals surface area (Å²) in [5.41, 5.74) is 4.16. The lowest BCUT2D eigenvalue weighted by Gasteiger charge is -2.27. The van der Waals surface area contributed by atoms with Crippen molar-refractivity contribution in [3.05, 3.63) is 0 Å². The average molecular weight is 301 g/mol. The van der Waals surface area contributed by atoms with Gasteiger partial charge in [0.15, 0.2) is 5.84 Å². The van der Waals surface area contributed by atoms with Gasteiger partial charge in [0.1, 0.15) is 9.84 Å². The third kappa shape index (κ3) is 5.65. The Hall–Kier alpha value is -0.870. The van der Waals surface area contributed by atoms with E-state index in [9.17, 15) is 16.8 Å². The van der Waals surface area contributed by atoms with Gasteiger partial charge in [-0.25, -0.2) is 21.6 Å². The first kappa shape index (κ1) is 17.1. The van der Waals surface area contributed by atoms with E-state index in [2.05, 4.69) is 9.88 Å². The molecule has 0 spiro atoms. The van der Waals surface area contributed by atoms with Gasteiger partial charge in [-0.15, -0.1) is 0 Å². The van der Waals surface area contributed by atoms with Crippen LogP contribution in [0.4, 0.5) is 0 Å². The second-order valence-electron chi connectivity index (χ2n) is 4.22. The van der Waals surface area contributed by atoms with Crippen molar-refractivity contribution >= 4 is 25.7 Å². The number of hydrogen-bond acceptors (Lipinski definition) is 6. The topological polar surface area (TPSA) is 139 Å². The molecule has 0 saturated heterocycles. The number of nitrogens with two attached hydrogens (primary N) is 1. The van der Waals surface area contributed by atoms with Crippen molar-refractivity contribution in [2.75, 3.05) is 17.8 Å². The van der Waals surface area contributed by atoms with Gasteiger partial charge in [-0.1, -0.05) is 12.1 Å². The molecule has 0 bridgehead atoms. The SMILES string of the molecule is CCC(C)(NS(=O)(=O)CCS(C)(=O)=O)C(N)=NO. The number of sulfonamides is 1. The van der Waals surface area contributed by atoms with E-state index in [1.807, 2.05) is 0 Å². The molecule has 0 aliphatic rings. The molecule has 0 aromatic heterocycles. The van der Waals surface area contributed by atoms with Crippen LogP contribution in [0, 0.1) is 0 Å². The highest BCUT2D eigenvalue weighted by atomic mass is 32.2. The summed E-state index contributed by atoms with van der Waals surface area (Å²) >= 11 is 0. The molecule has 0 aliphatic heterocycles. The quantitative estimate of drug-likeness (QED) is 0.235. The van der Waals surface area contributed by atoms with Gasteiger partial charge in [0.05, 0.1) is 17.0 Å². The van der Waals surface area contributed by atoms with Gasteiger partial charge in [-0.05, 0) is 13.3 Å². The molecule has 0 fully saturated rings. The highest BCUT2D eigenvalue weighted by Crippen LogP contribution is 2.11. The minimum absolute atomic E-state index is 0.251. The lowest BCUT2D eigenvalue weighted by molar-refractivity contribution is 0.310. The molecule has 0 aromatic rings. The van der Waals surface area contributed by atoms with E-state index in [-0.39, 0.29) is 12.3 Å². The second-order valence-corrected chi connectivity index (χ2v) is 8.32. The maximum atomic E-state index is 11.7. The molecule has 0 aromatic carbocycles. The molecule has 4 N–H and O–H groups in total. The standard InChI is InChI=1S/C8H19N3O5S2/c1-4-8(2,7(9)10-12)11-18(15,16)6-5-17(3,13)14/h11-12H,4-6H2,1-3H3,(H2,9,10). The predicted octanol–water partition coefficient (Wildman–Crippen LogP) is -1.13. The van der Waals surface area contributed by atoms with Gasteiger partial charge < -0.3 is 10.9 Å². The first-order valence-corrected chi connectivity index (χ1v) is 8.84. The Bertz CT molecular complexity index is 511. The number of nitrogens with zero attached hydrogens (tertiary/aromatic N) is 1. The number of rotatable bonds is 7. The summed E-state index contributed by atoms with van der Waals surface area (Å²) in [6.45, 7) is 3.09. The van der Waals surface area contributed by atoms with Crippen molar-refractivity contribution in [2.45, 2.75) is 25.8 Å². The maximum absolute atomic E-state index is 11.7. The smallest absolute Gasteiger partial charge is 0.213 e. The number of nitrogens with one attached hydrogen (secondary N) is 1. The summed E-state index contributed by atoms with van der Waals surface area (Å²) in [5, 5.41) is 11.4. The summed E-state index contributed by atoms with van der Waals surface area (Å²) in [5.74, 6) is -1.34. The van der Waals surface area contributed by atoms with E-state index < -0.39 is 36.9 Å². The second kappa shape index (κ2) is 5.85. The highest BCUT2D eigenvalue weighted by molar-refractivity contribution is 7.93. The van der Waals surface area contributed by atoms with Crippen LogP contribution in [-0.2, 0) is 19.9 Å². The van der Waals surface area contributed by atoms with Crippen LogP contribution in [-0.4, -0.2) is 51.2 Å². The summed E-state index contributed by atoms with van der Waals surface area (Å²) in [4.78, 5) is 0. The van der Waals surface area contributed by atoms with Crippen LogP contribution in [0.25, 0.3) is 0 Å². The lowest BCUT2D eigenvalue weighted by Crippen LogP contribution is -2.55. The zero-order valence-corrected chi connectivity index (χ0v) is 12.2. The zero-order chi connectivity index (χ0) is 14.6. The number of sulfone groups is 1. The molecule has 108 valence electrons. The third-order valence-electron chi connectivity index (χ3n) is 2.48. The van der Waals surface area contributed by atoms with Gasteiger partial charge in [0.2, 0.25) is 10.0 Å². The maximum Gasteiger partial charge on any atom is 0.213 e. The Morgan fingerprint density at radius 2 is 1.83 bits per heavy atom. The molecular weight excluding hydrogens is 282 g/mol. The third-order valence-corrected chi connectivity index (χ3v) is 5.19. The number of amidine groups is 1. The predicted molar refractivity (Wildman–Crippen MR) is 68.7 cm³/mol. The Morgan fingerprint density at radius 1 is 1.33 bits per heavy atom. The molecular formula is C8H19N3O5S2. The highest BCUT2D eigenvalue weighted by Gasteiger charge is 2.32. The fourth-order valence-electron chi connectivity index (χ4n) is 1.07. The molecule has 0 radical (unpaired) electrons. The van der Waals surface area contributed by atoms with Gasteiger partial charge in [0.25, 0.3) is 0 Å². The molecule has 0 amide bonds. The van der Waals surface area contributed by atoms with Crippen LogP contribution in [0.2, 0.25) is 0 Å². The minimum Gasteiger partial charge on any atom is -0.409 e. The van der Waals surface area contributed by atoms with Crippen LogP contribution in [0.3, 0.4) is 0 Å². The van der Waals surface area contributed by atoms with Crippen molar-refractivity contribution in [2.24, 2.45) is 10.9 Å². The van der Waals surface area contributed by atoms with Crippen LogP contribution in [0.15, 0.2) is 5.16 Å². The van der Waals surface area contributed by atoms with E-state index in [1.165, 1.54) is 6.92 Å². The Morgan fingerprint density at radius 3 is 2.17 bits per heavy atom. The molecule has 10 heteroatoms. The van der Waals surface area contributed by atoms with Crippen LogP contribution >= 0.6 is 0 Å². The molecule has 8 nitrogen and oxygen atoms in total. The zero-order valence-electron chi connectivity index (χ0n) is 10.5. The molecule has 0 rings (SSSR count). The molecule has 0 aliphatic carbocycles. The fourth-order valence-corrected chi connectivity index (χ4v) is 4.20. The lowest BCUT2D eigenvalue weighted by atomic mass is 10.00. The largest absolute Gasteiger partial charge is 0.409 e. The van der Waals surface area contributed by atoms with Crippen LogP contribution in [0.1, 0.15) is 20.3 Å². The molecule has 0 saturated carbocycles. The van der Waals surface area contributed by atoms with Gasteiger partial charge >= 0.3 is 0 Å². The monoisotopic (exact) mass is 301 g/mol. The van der Waals surface area contributed by atoms with Gasteiger partial charge in [-0.2, -0.15) is 0 Å². The Balaban J connectivity index is 4.96. The summed E-state index contributed by atoms with van der Waals surface area (Å²) in [6, 6.07) is 0. The van der Waals surface area contributed by atoms with E-state index in [4.69, 9.17) is 10.9 Å². The average Bonchev–Trinajstić information content (AvgIpc) is 2.24. The normalized spacial score (nSPS) is 17.4. The van der Waals surface area contributed by atoms with Crippen molar-refractivity contribution in [1.29, 1.82) is 0 Å². The number of oxime groups is 1. The molecule has 0 heterocycles. The van der Waals surface area contributed by atoms with Crippen molar-refractivity contribution in [3.8, 4) is 0 Å². The summed E-state index contributed by atoms with van der Waals surface area (Å²) in [6.07, 6.45) is 1.20. The fraction of sp³-hybridized carbons (Fsp3) is 0.875. The Kier molecular flexibility index (Phi) is 5.56. The van der Waals surface area contributed by atoms with Crippen molar-refractivity contribution < 1.29 is 22.0 Å². The number of hydrogen-bond donors (Lipinski definition) is 3. The van der Waals surface area contributed by atoms with E-state index in [0.29, 0.717) is 0 Å². The van der Waals surface area contributed by atoms with Crippen molar-refractivity contribution in [1.82, 2.24) is 4.72 Å². The Labute approximate surface area is 107 Å². The summed E-state index contributed by atoms with van der Waals surface area (Å²) < 4.78 is 47.5. The molecule has 1 unspecified atom stereocenters. The van der Waals surface area contributed by atoms with Gasteiger partial charge in [0, 0.05) is 6.26 Å². The minimum atomic E-state index is -3.84. The first-order chi connectivity index (χ1) is 7.96. The molecule has 1 atom stereocenters. The van der Waals surface area contributed by atoms with Crippen LogP contribution < -0.4 is 10.5 Å². The first-order valence-electron chi connectivity index (χ1n) is 5.13. The molecule has 18 heavy (non-hydrogen) atoms. The van der Waals surface area contributed by atoms with E-state index >= 15 is 0 Å². The van der Waals surface area contributed by atoms with E-state index in [0.717, 1.165) is 6.26 Å². The van der Waals surface area contributed by atoms with Crippen LogP contribution in [0.5, 0.6) is 0 Å². The van der Waals surface area contributed by atoms with E-state index in [1.54, 1.807) is 6.92 Å². The van der Waals surface area contributed by atoms with Crippen molar-refractivity contribution in [3.63, 3.8) is 0 Å².